The van der Waals surface area contributed by atoms with Gasteiger partial charge in [-0.15, -0.1) is 0 Å². The molecule has 1 saturated heterocycles. The van der Waals surface area contributed by atoms with Gasteiger partial charge < -0.3 is 0 Å². The molecule has 6 nitrogen and oxygen atoms in total. The van der Waals surface area contributed by atoms with Gasteiger partial charge in [-0.25, -0.2) is 4.79 Å². The van der Waals surface area contributed by atoms with Crippen LogP contribution in [0.1, 0.15) is 29.8 Å². The molecule has 0 unspecified atom stereocenters. The minimum absolute atomic E-state index is 0.0576. The molecule has 0 aliphatic carbocycles. The highest BCUT2D eigenvalue weighted by molar-refractivity contribution is 6.31. The molecule has 2 atom stereocenters. The number of aromatic amines is 1. The van der Waals surface area contributed by atoms with Crippen molar-refractivity contribution in [3.8, 4) is 0 Å². The fraction of sp³-hybridized carbons (Fsp3) is 0.333. The second-order valence-electron chi connectivity index (χ2n) is 5.36. The summed E-state index contributed by atoms with van der Waals surface area (Å²) in [5.74, 6) is 0. The lowest BCUT2D eigenvalue weighted by molar-refractivity contribution is -0.167. The Morgan fingerprint density at radius 2 is 2.05 bits per heavy atom. The number of rotatable bonds is 2. The van der Waals surface area contributed by atoms with E-state index in [0.29, 0.717) is 17.0 Å². The summed E-state index contributed by atoms with van der Waals surface area (Å²) in [7, 11) is 1.80. The zero-order chi connectivity index (χ0) is 15.9. The van der Waals surface area contributed by atoms with Crippen LogP contribution in [0, 0.1) is 6.92 Å². The molecule has 0 radical (unpaired) electrons. The topological polar surface area (TPSA) is 67.3 Å². The summed E-state index contributed by atoms with van der Waals surface area (Å²) in [6.07, 6.45) is 1.61. The Balaban J connectivity index is 1.94. The molecule has 1 aliphatic rings. The van der Waals surface area contributed by atoms with E-state index in [1.807, 2.05) is 24.3 Å². The maximum atomic E-state index is 12.0. The van der Waals surface area contributed by atoms with E-state index in [-0.39, 0.29) is 11.6 Å². The van der Waals surface area contributed by atoms with Gasteiger partial charge in [0.05, 0.1) is 6.04 Å². The van der Waals surface area contributed by atoms with Crippen molar-refractivity contribution < 1.29 is 4.84 Å². The molecular weight excluding hydrogens is 306 g/mol. The fourth-order valence-electron chi connectivity index (χ4n) is 2.68. The van der Waals surface area contributed by atoms with Gasteiger partial charge in [0, 0.05) is 30.3 Å². The minimum Gasteiger partial charge on any atom is -0.274 e. The lowest BCUT2D eigenvalue weighted by Crippen LogP contribution is -2.33. The molecule has 1 aliphatic heterocycles. The largest absolute Gasteiger partial charge is 0.330 e. The Morgan fingerprint density at radius 3 is 2.77 bits per heavy atom. The van der Waals surface area contributed by atoms with E-state index in [0.717, 1.165) is 5.56 Å². The van der Waals surface area contributed by atoms with Crippen molar-refractivity contribution in [2.75, 3.05) is 7.05 Å². The second-order valence-corrected chi connectivity index (χ2v) is 5.77. The molecule has 1 fully saturated rings. The maximum absolute atomic E-state index is 12.0. The normalized spacial score (nSPS) is 22.1. The van der Waals surface area contributed by atoms with Gasteiger partial charge in [-0.3, -0.25) is 19.2 Å². The molecule has 22 heavy (non-hydrogen) atoms. The lowest BCUT2D eigenvalue weighted by Gasteiger charge is -2.18. The number of hydroxylamine groups is 2. The Morgan fingerprint density at radius 1 is 1.32 bits per heavy atom. The van der Waals surface area contributed by atoms with E-state index in [4.69, 9.17) is 16.4 Å². The first-order valence-corrected chi connectivity index (χ1v) is 7.31. The maximum Gasteiger partial charge on any atom is 0.330 e. The Hall–Kier alpha value is -1.89. The van der Waals surface area contributed by atoms with Gasteiger partial charge in [-0.1, -0.05) is 29.8 Å². The predicted octanol–water partition coefficient (Wildman–Crippen LogP) is 2.01. The van der Waals surface area contributed by atoms with Gasteiger partial charge in [0.15, 0.2) is 6.23 Å². The number of halogens is 1. The molecule has 3 rings (SSSR count). The summed E-state index contributed by atoms with van der Waals surface area (Å²) in [6, 6.07) is 7.50. The zero-order valence-electron chi connectivity index (χ0n) is 12.2. The quantitative estimate of drug-likeness (QED) is 0.918. The van der Waals surface area contributed by atoms with E-state index in [1.54, 1.807) is 19.0 Å². The van der Waals surface area contributed by atoms with Crippen molar-refractivity contribution in [1.29, 1.82) is 0 Å². The number of nitrogens with one attached hydrogen (secondary N) is 1. The van der Waals surface area contributed by atoms with Crippen LogP contribution in [0.3, 0.4) is 0 Å². The third-order valence-corrected chi connectivity index (χ3v) is 4.22. The first-order valence-electron chi connectivity index (χ1n) is 6.93. The molecule has 0 saturated carbocycles. The molecule has 1 N–H and O–H groups in total. The number of aromatic nitrogens is 2. The summed E-state index contributed by atoms with van der Waals surface area (Å²) in [6.45, 7) is 1.65. The Labute approximate surface area is 131 Å². The van der Waals surface area contributed by atoms with Gasteiger partial charge >= 0.3 is 5.69 Å². The molecule has 0 amide bonds. The molecule has 0 spiro atoms. The highest BCUT2D eigenvalue weighted by atomic mass is 35.5. The molecule has 2 heterocycles. The number of benzene rings is 1. The number of aryl methyl sites for hydroxylation is 1. The van der Waals surface area contributed by atoms with E-state index in [1.165, 1.54) is 10.8 Å². The van der Waals surface area contributed by atoms with Gasteiger partial charge in [-0.05, 0) is 18.6 Å². The number of nitrogens with zero attached hydrogens (tertiary/aromatic N) is 2. The van der Waals surface area contributed by atoms with Gasteiger partial charge in [-0.2, -0.15) is 5.06 Å². The van der Waals surface area contributed by atoms with Crippen LogP contribution in [0.25, 0.3) is 0 Å². The van der Waals surface area contributed by atoms with Gasteiger partial charge in [0.25, 0.3) is 5.56 Å². The van der Waals surface area contributed by atoms with Crippen LogP contribution in [0.2, 0.25) is 5.02 Å². The number of H-pyrrole nitrogens is 1. The highest BCUT2D eigenvalue weighted by Crippen LogP contribution is 2.39. The van der Waals surface area contributed by atoms with Crippen LogP contribution in [0.5, 0.6) is 0 Å². The SMILES string of the molecule is Cc1cn([C@@H]2C[C@H](c3ccccc3Cl)N(C)O2)c(=O)[nH]c1=O. The first kappa shape index (κ1) is 15.0. The van der Waals surface area contributed by atoms with Crippen molar-refractivity contribution in [2.24, 2.45) is 0 Å². The van der Waals surface area contributed by atoms with Crippen LogP contribution in [-0.4, -0.2) is 21.7 Å². The van der Waals surface area contributed by atoms with E-state index < -0.39 is 11.9 Å². The first-order chi connectivity index (χ1) is 10.5. The lowest BCUT2D eigenvalue weighted by atomic mass is 10.0. The Bertz CT molecular complexity index is 814. The highest BCUT2D eigenvalue weighted by Gasteiger charge is 2.34. The molecular formula is C15H16ClN3O3. The Kier molecular flexibility index (Phi) is 3.90. The third-order valence-electron chi connectivity index (χ3n) is 3.87. The predicted molar refractivity (Wildman–Crippen MR) is 82.8 cm³/mol. The summed E-state index contributed by atoms with van der Waals surface area (Å²) < 4.78 is 1.41. The van der Waals surface area contributed by atoms with Gasteiger partial charge in [0.1, 0.15) is 0 Å². The smallest absolute Gasteiger partial charge is 0.274 e. The molecule has 1 aromatic heterocycles. The molecule has 2 aromatic rings. The van der Waals surface area contributed by atoms with Crippen molar-refractivity contribution in [3.63, 3.8) is 0 Å². The number of hydrogen-bond donors (Lipinski definition) is 1. The van der Waals surface area contributed by atoms with Crippen LogP contribution in [0.4, 0.5) is 0 Å². The second kappa shape index (κ2) is 5.72. The van der Waals surface area contributed by atoms with Crippen LogP contribution in [-0.2, 0) is 4.84 Å². The monoisotopic (exact) mass is 321 g/mol. The van der Waals surface area contributed by atoms with Crippen molar-refractivity contribution >= 4 is 11.6 Å². The van der Waals surface area contributed by atoms with Crippen LogP contribution < -0.4 is 11.2 Å². The van der Waals surface area contributed by atoms with Crippen molar-refractivity contribution in [1.82, 2.24) is 14.6 Å². The van der Waals surface area contributed by atoms with Crippen molar-refractivity contribution in [2.45, 2.75) is 25.6 Å². The fourth-order valence-corrected chi connectivity index (χ4v) is 2.94. The summed E-state index contributed by atoms with van der Waals surface area (Å²) in [5.41, 5.74) is 0.555. The van der Waals surface area contributed by atoms with Crippen molar-refractivity contribution in [3.05, 3.63) is 67.4 Å². The van der Waals surface area contributed by atoms with Gasteiger partial charge in [0.2, 0.25) is 0 Å². The standard InChI is InChI=1S/C15H16ClN3O3/c1-9-8-19(15(21)17-14(9)20)13-7-12(18(2)22-13)10-5-3-4-6-11(10)16/h3-6,8,12-13H,7H2,1-2H3,(H,17,20,21)/t12-,13+/m1/s1. The summed E-state index contributed by atoms with van der Waals surface area (Å²) in [5, 5.41) is 2.35. The molecule has 116 valence electrons. The summed E-state index contributed by atoms with van der Waals surface area (Å²) >= 11 is 6.24. The van der Waals surface area contributed by atoms with Crippen LogP contribution in [0.15, 0.2) is 40.1 Å². The third kappa shape index (κ3) is 2.61. The summed E-state index contributed by atoms with van der Waals surface area (Å²) in [4.78, 5) is 31.5. The number of hydrogen-bond acceptors (Lipinski definition) is 4. The van der Waals surface area contributed by atoms with E-state index >= 15 is 0 Å². The average molecular weight is 322 g/mol. The molecule has 7 heteroatoms. The minimum atomic E-state index is -0.478. The average Bonchev–Trinajstić information content (AvgIpc) is 2.85. The van der Waals surface area contributed by atoms with Crippen LogP contribution >= 0.6 is 11.6 Å². The van der Waals surface area contributed by atoms with E-state index in [9.17, 15) is 9.59 Å². The molecule has 1 aromatic carbocycles. The van der Waals surface area contributed by atoms with E-state index in [2.05, 4.69) is 4.98 Å². The zero-order valence-corrected chi connectivity index (χ0v) is 13.0. The molecule has 0 bridgehead atoms.